The molecule has 0 spiro atoms. The fourth-order valence-corrected chi connectivity index (χ4v) is 8.74. The van der Waals surface area contributed by atoms with Gasteiger partial charge in [-0.05, 0) is 115 Å². The first-order chi connectivity index (χ1) is 29.7. The fourth-order valence-electron chi connectivity index (χ4n) is 8.74. The Hall–Kier alpha value is -7.94. The van der Waals surface area contributed by atoms with Gasteiger partial charge in [-0.25, -0.2) is 0 Å². The summed E-state index contributed by atoms with van der Waals surface area (Å²) in [4.78, 5) is 2.39. The van der Waals surface area contributed by atoms with E-state index in [4.69, 9.17) is 4.74 Å². The van der Waals surface area contributed by atoms with Crippen molar-refractivity contribution in [3.8, 4) is 78.3 Å². The first kappa shape index (κ1) is 35.2. The Morgan fingerprint density at radius 3 is 1.43 bits per heavy atom. The summed E-state index contributed by atoms with van der Waals surface area (Å²) in [6, 6.07) is 84.8. The number of ether oxygens (including phenoxy) is 1. The number of hydrogen-bond donors (Lipinski definition) is 0. The fraction of sp³-hybridized carbons (Fsp3) is 0. The Morgan fingerprint density at radius 1 is 0.267 bits per heavy atom. The van der Waals surface area contributed by atoms with Crippen LogP contribution >= 0.6 is 0 Å². The highest BCUT2D eigenvalue weighted by atomic mass is 16.5. The Balaban J connectivity index is 1.14. The minimum absolute atomic E-state index is 0.810. The summed E-state index contributed by atoms with van der Waals surface area (Å²) < 4.78 is 7.14. The van der Waals surface area contributed by atoms with E-state index in [0.29, 0.717) is 0 Å². The van der Waals surface area contributed by atoms with Crippen molar-refractivity contribution in [1.82, 2.24) is 0 Å². The van der Waals surface area contributed by atoms with Crippen LogP contribution in [0.25, 0.3) is 77.5 Å². The maximum absolute atomic E-state index is 7.14. The van der Waals surface area contributed by atoms with Crippen molar-refractivity contribution in [3.63, 3.8) is 0 Å². The van der Waals surface area contributed by atoms with Crippen molar-refractivity contribution in [2.45, 2.75) is 0 Å². The van der Waals surface area contributed by atoms with Gasteiger partial charge in [0.2, 0.25) is 0 Å². The normalized spacial score (nSPS) is 11.5. The van der Waals surface area contributed by atoms with Crippen molar-refractivity contribution in [3.05, 3.63) is 237 Å². The van der Waals surface area contributed by atoms with E-state index in [1.54, 1.807) is 0 Å². The van der Waals surface area contributed by atoms with Crippen molar-refractivity contribution >= 4 is 27.8 Å². The second-order valence-electron chi connectivity index (χ2n) is 15.3. The highest BCUT2D eigenvalue weighted by molar-refractivity contribution is 6.04. The van der Waals surface area contributed by atoms with Gasteiger partial charge in [0.05, 0.1) is 5.69 Å². The molecule has 60 heavy (non-hydrogen) atoms. The van der Waals surface area contributed by atoms with Crippen LogP contribution in [0.1, 0.15) is 0 Å². The molecule has 11 rings (SSSR count). The molecule has 2 heteroatoms. The van der Waals surface area contributed by atoms with E-state index in [-0.39, 0.29) is 0 Å². The molecule has 0 amide bonds. The van der Waals surface area contributed by atoms with Gasteiger partial charge < -0.3 is 9.64 Å². The molecular weight excluding hydrogens is 727 g/mol. The summed E-state index contributed by atoms with van der Waals surface area (Å²) in [5, 5.41) is 2.39. The molecule has 0 radical (unpaired) electrons. The lowest BCUT2D eigenvalue weighted by Gasteiger charge is -2.29. The Bertz CT molecular complexity index is 3140. The maximum atomic E-state index is 7.14. The molecule has 0 N–H and O–H groups in total. The highest BCUT2D eigenvalue weighted by Crippen LogP contribution is 2.55. The highest BCUT2D eigenvalue weighted by Gasteiger charge is 2.29. The monoisotopic (exact) mass is 765 g/mol. The van der Waals surface area contributed by atoms with E-state index in [2.05, 4.69) is 241 Å². The Kier molecular flexibility index (Phi) is 8.87. The molecule has 0 saturated heterocycles. The lowest BCUT2D eigenvalue weighted by Crippen LogP contribution is -2.11. The molecule has 10 aromatic carbocycles. The van der Waals surface area contributed by atoms with E-state index < -0.39 is 0 Å². The minimum atomic E-state index is 0.810. The number of benzene rings is 10. The van der Waals surface area contributed by atoms with Crippen molar-refractivity contribution in [2.75, 3.05) is 4.90 Å². The molecule has 1 aliphatic rings. The Labute approximate surface area is 350 Å². The molecule has 1 heterocycles. The number of nitrogens with zero attached hydrogens (tertiary/aromatic N) is 1. The van der Waals surface area contributed by atoms with Crippen LogP contribution in [-0.2, 0) is 0 Å². The predicted octanol–water partition coefficient (Wildman–Crippen LogP) is 16.4. The van der Waals surface area contributed by atoms with Gasteiger partial charge in [-0.15, -0.1) is 0 Å². The number of fused-ring (bicyclic) bond motifs is 6. The van der Waals surface area contributed by atoms with Gasteiger partial charge in [0, 0.05) is 22.5 Å². The average molecular weight is 766 g/mol. The third-order valence-corrected chi connectivity index (χ3v) is 11.7. The second kappa shape index (κ2) is 15.1. The molecule has 0 aromatic heterocycles. The topological polar surface area (TPSA) is 12.5 Å². The summed E-state index contributed by atoms with van der Waals surface area (Å²) in [6.07, 6.45) is 0. The zero-order chi connectivity index (χ0) is 39.8. The standard InChI is InChI=1S/C58H39NO/c1-4-14-40(15-5-1)43-26-28-45(29-27-43)48-33-37-52-53(39-48)57-51(46-19-8-3-9-20-46)22-12-24-55(57)60-56-25-13-23-54(58(52)56)59(50-36-32-42-18-10-11-21-47(42)38-50)49-34-30-44(31-35-49)41-16-6-2-7-17-41/h1-39H. The van der Waals surface area contributed by atoms with Crippen LogP contribution in [0.2, 0.25) is 0 Å². The van der Waals surface area contributed by atoms with Gasteiger partial charge in [-0.2, -0.15) is 0 Å². The lowest BCUT2D eigenvalue weighted by atomic mass is 9.86. The number of hydrogen-bond acceptors (Lipinski definition) is 2. The van der Waals surface area contributed by atoms with E-state index in [1.807, 2.05) is 0 Å². The van der Waals surface area contributed by atoms with Gasteiger partial charge in [0.15, 0.2) is 0 Å². The maximum Gasteiger partial charge on any atom is 0.137 e. The third kappa shape index (κ3) is 6.41. The molecule has 0 bridgehead atoms. The zero-order valence-electron chi connectivity index (χ0n) is 32.9. The molecular formula is C58H39NO. The molecule has 0 fully saturated rings. The van der Waals surface area contributed by atoms with Crippen LogP contribution in [0.5, 0.6) is 11.5 Å². The van der Waals surface area contributed by atoms with E-state index in [1.165, 1.54) is 33.0 Å². The summed E-state index contributed by atoms with van der Waals surface area (Å²) in [5.41, 5.74) is 16.8. The lowest BCUT2D eigenvalue weighted by molar-refractivity contribution is 0.488. The summed E-state index contributed by atoms with van der Waals surface area (Å²) in [5.74, 6) is 1.64. The van der Waals surface area contributed by atoms with Crippen molar-refractivity contribution in [2.24, 2.45) is 0 Å². The van der Waals surface area contributed by atoms with Crippen molar-refractivity contribution < 1.29 is 4.74 Å². The molecule has 0 aliphatic carbocycles. The van der Waals surface area contributed by atoms with Crippen LogP contribution in [0.15, 0.2) is 237 Å². The number of rotatable bonds is 7. The molecule has 1 aliphatic heterocycles. The van der Waals surface area contributed by atoms with E-state index in [9.17, 15) is 0 Å². The Morgan fingerprint density at radius 2 is 0.767 bits per heavy atom. The second-order valence-corrected chi connectivity index (χ2v) is 15.3. The summed E-state index contributed by atoms with van der Waals surface area (Å²) in [7, 11) is 0. The summed E-state index contributed by atoms with van der Waals surface area (Å²) in [6.45, 7) is 0. The first-order valence-electron chi connectivity index (χ1n) is 20.5. The molecule has 0 unspecified atom stereocenters. The number of anilines is 3. The van der Waals surface area contributed by atoms with Gasteiger partial charge in [0.25, 0.3) is 0 Å². The van der Waals surface area contributed by atoms with Crippen LogP contribution < -0.4 is 9.64 Å². The van der Waals surface area contributed by atoms with E-state index >= 15 is 0 Å². The van der Waals surface area contributed by atoms with Crippen LogP contribution in [0.4, 0.5) is 17.1 Å². The van der Waals surface area contributed by atoms with E-state index in [0.717, 1.165) is 73.1 Å². The average Bonchev–Trinajstić information content (AvgIpc) is 3.47. The quantitative estimate of drug-likeness (QED) is 0.160. The molecule has 2 nitrogen and oxygen atoms in total. The van der Waals surface area contributed by atoms with Crippen molar-refractivity contribution in [1.29, 1.82) is 0 Å². The van der Waals surface area contributed by atoms with Gasteiger partial charge in [-0.3, -0.25) is 0 Å². The zero-order valence-corrected chi connectivity index (χ0v) is 32.9. The summed E-state index contributed by atoms with van der Waals surface area (Å²) >= 11 is 0. The van der Waals surface area contributed by atoms with Gasteiger partial charge >= 0.3 is 0 Å². The first-order valence-corrected chi connectivity index (χ1v) is 20.5. The smallest absolute Gasteiger partial charge is 0.137 e. The van der Waals surface area contributed by atoms with Gasteiger partial charge in [-0.1, -0.05) is 188 Å². The molecule has 10 aromatic rings. The molecule has 282 valence electrons. The largest absolute Gasteiger partial charge is 0.456 e. The van der Waals surface area contributed by atoms with Crippen LogP contribution in [0, 0.1) is 0 Å². The van der Waals surface area contributed by atoms with Gasteiger partial charge in [0.1, 0.15) is 11.5 Å². The third-order valence-electron chi connectivity index (χ3n) is 11.7. The molecule has 0 saturated carbocycles. The molecule has 0 atom stereocenters. The van der Waals surface area contributed by atoms with Crippen LogP contribution in [0.3, 0.4) is 0 Å². The van der Waals surface area contributed by atoms with Crippen LogP contribution in [-0.4, -0.2) is 0 Å². The predicted molar refractivity (Wildman–Crippen MR) is 251 cm³/mol. The SMILES string of the molecule is c1ccc(-c2ccc(-c3ccc4c(c3)-c3c(cccc3-c3ccccc3)Oc3cccc(N(c5ccc(-c6ccccc6)cc5)c5ccc6ccccc6c5)c3-4)cc2)cc1. The minimum Gasteiger partial charge on any atom is -0.456 e.